The molecule has 2 aliphatic heterocycles. The van der Waals surface area contributed by atoms with Gasteiger partial charge in [-0.25, -0.2) is 0 Å². The van der Waals surface area contributed by atoms with Crippen LogP contribution in [-0.4, -0.2) is 53.2 Å². The monoisotopic (exact) mass is 340 g/mol. The summed E-state index contributed by atoms with van der Waals surface area (Å²) in [5, 5.41) is 9.85. The molecule has 7 heteroatoms. The van der Waals surface area contributed by atoms with Crippen LogP contribution in [0.25, 0.3) is 11.3 Å². The molecule has 1 aromatic heterocycles. The van der Waals surface area contributed by atoms with Gasteiger partial charge in [0.25, 0.3) is 5.91 Å². The summed E-state index contributed by atoms with van der Waals surface area (Å²) >= 11 is 0. The number of nitrogens with one attached hydrogen (secondary N) is 2. The summed E-state index contributed by atoms with van der Waals surface area (Å²) in [7, 11) is 0. The molecule has 2 N–H and O–H groups in total. The van der Waals surface area contributed by atoms with Crippen LogP contribution in [0.3, 0.4) is 0 Å². The normalized spacial score (nSPS) is 16.0. The molecule has 3 heterocycles. The second-order valence-electron chi connectivity index (χ2n) is 6.33. The lowest BCUT2D eigenvalue weighted by Gasteiger charge is -2.15. The van der Waals surface area contributed by atoms with E-state index >= 15 is 0 Å². The summed E-state index contributed by atoms with van der Waals surface area (Å²) < 4.78 is 5.51. The fourth-order valence-electron chi connectivity index (χ4n) is 3.27. The quantitative estimate of drug-likeness (QED) is 0.860. The minimum atomic E-state index is -0.213. The molecule has 0 bridgehead atoms. The third kappa shape index (κ3) is 3.22. The highest BCUT2D eigenvalue weighted by atomic mass is 16.5. The minimum absolute atomic E-state index is 0.165. The predicted molar refractivity (Wildman–Crippen MR) is 91.4 cm³/mol. The molecule has 0 atom stereocenters. The number of fused-ring (bicyclic) bond motifs is 1. The Bertz CT molecular complexity index is 814. The highest BCUT2D eigenvalue weighted by Gasteiger charge is 2.20. The third-order valence-corrected chi connectivity index (χ3v) is 4.65. The Kier molecular flexibility index (Phi) is 4.13. The van der Waals surface area contributed by atoms with Gasteiger partial charge in [0.05, 0.1) is 12.3 Å². The first-order valence-corrected chi connectivity index (χ1v) is 8.58. The number of H-pyrrole nitrogens is 1. The number of amides is 2. The van der Waals surface area contributed by atoms with E-state index in [0.717, 1.165) is 36.4 Å². The van der Waals surface area contributed by atoms with E-state index in [-0.39, 0.29) is 11.8 Å². The van der Waals surface area contributed by atoms with Gasteiger partial charge in [-0.05, 0) is 36.2 Å². The highest BCUT2D eigenvalue weighted by Crippen LogP contribution is 2.29. The first kappa shape index (κ1) is 15.7. The van der Waals surface area contributed by atoms with E-state index in [2.05, 4.69) is 21.6 Å². The van der Waals surface area contributed by atoms with E-state index in [4.69, 9.17) is 4.74 Å². The summed E-state index contributed by atoms with van der Waals surface area (Å²) in [6.45, 7) is 2.49. The number of nitrogens with zero attached hydrogens (tertiary/aromatic N) is 2. The number of aromatic nitrogens is 2. The van der Waals surface area contributed by atoms with E-state index in [1.165, 1.54) is 5.56 Å². The fourth-order valence-corrected chi connectivity index (χ4v) is 3.27. The number of likely N-dealkylation sites (tertiary alicyclic amines) is 1. The number of ether oxygens (including phenoxy) is 1. The smallest absolute Gasteiger partial charge is 0.269 e. The molecule has 1 fully saturated rings. The van der Waals surface area contributed by atoms with Gasteiger partial charge in [-0.2, -0.15) is 5.10 Å². The number of hydrogen-bond acceptors (Lipinski definition) is 4. The standard InChI is InChI=1S/C18H20N4O3/c23-17-2-1-7-22(17)8-6-19-18(24)15-11-14(20-21-15)12-3-4-16-13(10-12)5-9-25-16/h3-4,10-11H,1-2,5-9H2,(H,19,24)(H,20,21). The van der Waals surface area contributed by atoms with Crippen LogP contribution in [0.5, 0.6) is 5.75 Å². The van der Waals surface area contributed by atoms with Crippen LogP contribution in [-0.2, 0) is 11.2 Å². The Labute approximate surface area is 145 Å². The summed E-state index contributed by atoms with van der Waals surface area (Å²) in [6, 6.07) is 7.69. The number of rotatable bonds is 5. The molecular formula is C18H20N4O3. The zero-order chi connectivity index (χ0) is 17.2. The lowest BCUT2D eigenvalue weighted by molar-refractivity contribution is -0.127. The first-order valence-electron chi connectivity index (χ1n) is 8.58. The molecule has 7 nitrogen and oxygen atoms in total. The Morgan fingerprint density at radius 3 is 3.08 bits per heavy atom. The van der Waals surface area contributed by atoms with E-state index in [0.29, 0.717) is 31.8 Å². The predicted octanol–water partition coefficient (Wildman–Crippen LogP) is 1.36. The maximum absolute atomic E-state index is 12.2. The van der Waals surface area contributed by atoms with E-state index in [9.17, 15) is 9.59 Å². The summed E-state index contributed by atoms with van der Waals surface area (Å²) in [4.78, 5) is 25.6. The van der Waals surface area contributed by atoms with Crippen molar-refractivity contribution in [2.75, 3.05) is 26.2 Å². The molecule has 1 saturated heterocycles. The third-order valence-electron chi connectivity index (χ3n) is 4.65. The number of aromatic amines is 1. The van der Waals surface area contributed by atoms with Gasteiger partial charge in [0, 0.05) is 38.0 Å². The Hall–Kier alpha value is -2.83. The number of carbonyl (C=O) groups is 2. The topological polar surface area (TPSA) is 87.3 Å². The number of benzene rings is 1. The molecule has 130 valence electrons. The first-order chi connectivity index (χ1) is 12.2. The summed E-state index contributed by atoms with van der Waals surface area (Å²) in [6.07, 6.45) is 2.42. The Balaban J connectivity index is 1.37. The molecule has 0 spiro atoms. The van der Waals surface area contributed by atoms with Gasteiger partial charge in [0.2, 0.25) is 5.91 Å². The van der Waals surface area contributed by atoms with Crippen molar-refractivity contribution in [1.29, 1.82) is 0 Å². The van der Waals surface area contributed by atoms with Crippen LogP contribution < -0.4 is 10.1 Å². The molecule has 2 aromatic rings. The molecule has 1 aromatic carbocycles. The zero-order valence-electron chi connectivity index (χ0n) is 13.9. The Morgan fingerprint density at radius 2 is 2.24 bits per heavy atom. The van der Waals surface area contributed by atoms with Gasteiger partial charge >= 0.3 is 0 Å². The fraction of sp³-hybridized carbons (Fsp3) is 0.389. The number of carbonyl (C=O) groups excluding carboxylic acids is 2. The van der Waals surface area contributed by atoms with Crippen LogP contribution >= 0.6 is 0 Å². The molecule has 2 amide bonds. The lowest BCUT2D eigenvalue weighted by Crippen LogP contribution is -2.35. The van der Waals surface area contributed by atoms with Gasteiger partial charge in [-0.15, -0.1) is 0 Å². The molecule has 2 aliphatic rings. The van der Waals surface area contributed by atoms with Gasteiger partial charge in [0.1, 0.15) is 11.4 Å². The second kappa shape index (κ2) is 6.58. The van der Waals surface area contributed by atoms with Crippen molar-refractivity contribution in [2.24, 2.45) is 0 Å². The molecule has 0 radical (unpaired) electrons. The van der Waals surface area contributed by atoms with E-state index in [1.807, 2.05) is 12.1 Å². The van der Waals surface area contributed by atoms with Crippen LogP contribution in [0.2, 0.25) is 0 Å². The summed E-state index contributed by atoms with van der Waals surface area (Å²) in [5.41, 5.74) is 3.28. The van der Waals surface area contributed by atoms with Crippen molar-refractivity contribution < 1.29 is 14.3 Å². The van der Waals surface area contributed by atoms with Crippen molar-refractivity contribution in [3.8, 4) is 17.0 Å². The molecule has 4 rings (SSSR count). The van der Waals surface area contributed by atoms with Crippen molar-refractivity contribution in [3.63, 3.8) is 0 Å². The highest BCUT2D eigenvalue weighted by molar-refractivity contribution is 5.93. The number of hydrogen-bond donors (Lipinski definition) is 2. The summed E-state index contributed by atoms with van der Waals surface area (Å²) in [5.74, 6) is 0.877. The lowest BCUT2D eigenvalue weighted by atomic mass is 10.1. The van der Waals surface area contributed by atoms with Crippen molar-refractivity contribution in [2.45, 2.75) is 19.3 Å². The maximum Gasteiger partial charge on any atom is 0.269 e. The molecule has 0 saturated carbocycles. The van der Waals surface area contributed by atoms with Gasteiger partial charge in [-0.1, -0.05) is 0 Å². The molecule has 0 aliphatic carbocycles. The van der Waals surface area contributed by atoms with Crippen LogP contribution in [0.15, 0.2) is 24.3 Å². The van der Waals surface area contributed by atoms with Gasteiger partial charge in [-0.3, -0.25) is 14.7 Å². The van der Waals surface area contributed by atoms with Crippen molar-refractivity contribution >= 4 is 11.8 Å². The van der Waals surface area contributed by atoms with Gasteiger partial charge in [0.15, 0.2) is 0 Å². The second-order valence-corrected chi connectivity index (χ2v) is 6.33. The molecular weight excluding hydrogens is 320 g/mol. The van der Waals surface area contributed by atoms with E-state index < -0.39 is 0 Å². The van der Waals surface area contributed by atoms with Crippen LogP contribution in [0.1, 0.15) is 28.9 Å². The molecule has 25 heavy (non-hydrogen) atoms. The zero-order valence-corrected chi connectivity index (χ0v) is 13.9. The van der Waals surface area contributed by atoms with Crippen LogP contribution in [0.4, 0.5) is 0 Å². The largest absolute Gasteiger partial charge is 0.493 e. The molecule has 0 unspecified atom stereocenters. The van der Waals surface area contributed by atoms with E-state index in [1.54, 1.807) is 11.0 Å². The average molecular weight is 340 g/mol. The van der Waals surface area contributed by atoms with Gasteiger partial charge < -0.3 is 15.0 Å². The minimum Gasteiger partial charge on any atom is -0.493 e. The van der Waals surface area contributed by atoms with Crippen LogP contribution in [0, 0.1) is 0 Å². The SMILES string of the molecule is O=C(NCCN1CCCC1=O)c1cc(-c2ccc3c(c2)CCO3)n[nH]1. The maximum atomic E-state index is 12.2. The Morgan fingerprint density at radius 1 is 1.32 bits per heavy atom. The van der Waals surface area contributed by atoms with Crippen molar-refractivity contribution in [1.82, 2.24) is 20.4 Å². The average Bonchev–Trinajstić information content (AvgIpc) is 3.34. The van der Waals surface area contributed by atoms with Crippen molar-refractivity contribution in [3.05, 3.63) is 35.5 Å².